The van der Waals surface area contributed by atoms with Crippen molar-refractivity contribution in [3.8, 4) is 5.75 Å². The van der Waals surface area contributed by atoms with Crippen LogP contribution in [-0.2, 0) is 21.2 Å². The minimum Gasteiger partial charge on any atom is -0.497 e. The fourth-order valence-electron chi connectivity index (χ4n) is 3.46. The quantitative estimate of drug-likeness (QED) is 0.700. The summed E-state index contributed by atoms with van der Waals surface area (Å²) >= 11 is 0. The summed E-state index contributed by atoms with van der Waals surface area (Å²) in [6.45, 7) is 0.663. The molecule has 1 aliphatic rings. The Morgan fingerprint density at radius 1 is 1.15 bits per heavy atom. The van der Waals surface area contributed by atoms with Gasteiger partial charge in [-0.15, -0.1) is 0 Å². The third-order valence-corrected chi connectivity index (χ3v) is 6.17. The smallest absolute Gasteiger partial charge is 0.224 e. The highest BCUT2D eigenvalue weighted by Crippen LogP contribution is 2.23. The first-order valence-corrected chi connectivity index (χ1v) is 11.1. The maximum absolute atomic E-state index is 12.2. The van der Waals surface area contributed by atoms with E-state index in [1.165, 1.54) is 19.1 Å². The largest absolute Gasteiger partial charge is 0.497 e. The molecule has 0 unspecified atom stereocenters. The Hall–Kier alpha value is -1.60. The lowest BCUT2D eigenvalue weighted by molar-refractivity contribution is -0.120. The van der Waals surface area contributed by atoms with Crippen molar-refractivity contribution in [1.29, 1.82) is 0 Å². The van der Waals surface area contributed by atoms with Gasteiger partial charge in [0.25, 0.3) is 0 Å². The number of rotatable bonds is 8. The summed E-state index contributed by atoms with van der Waals surface area (Å²) in [4.78, 5) is 12.1. The number of methoxy groups -OCH3 is 1. The molecular formula is C19H30N2O4S. The van der Waals surface area contributed by atoms with Crippen LogP contribution in [-0.4, -0.2) is 51.1 Å². The van der Waals surface area contributed by atoms with Gasteiger partial charge in [-0.25, -0.2) is 8.42 Å². The summed E-state index contributed by atoms with van der Waals surface area (Å²) in [6.07, 6.45) is 7.84. The van der Waals surface area contributed by atoms with Gasteiger partial charge >= 0.3 is 0 Å². The molecule has 7 heteroatoms. The van der Waals surface area contributed by atoms with Crippen LogP contribution in [0.15, 0.2) is 24.3 Å². The molecule has 146 valence electrons. The lowest BCUT2D eigenvalue weighted by atomic mass is 10.1. The topological polar surface area (TPSA) is 75.7 Å². The first-order valence-electron chi connectivity index (χ1n) is 9.26. The predicted octanol–water partition coefficient (Wildman–Crippen LogP) is 2.34. The second kappa shape index (κ2) is 9.92. The maximum atomic E-state index is 12.2. The molecule has 0 heterocycles. The van der Waals surface area contributed by atoms with E-state index < -0.39 is 10.0 Å². The summed E-state index contributed by atoms with van der Waals surface area (Å²) in [5.41, 5.74) is 0.895. The third kappa shape index (κ3) is 6.61. The van der Waals surface area contributed by atoms with E-state index in [-0.39, 0.29) is 18.4 Å². The van der Waals surface area contributed by atoms with E-state index in [4.69, 9.17) is 4.74 Å². The maximum Gasteiger partial charge on any atom is 0.224 e. The first-order chi connectivity index (χ1) is 12.4. The van der Waals surface area contributed by atoms with Crippen molar-refractivity contribution in [3.05, 3.63) is 29.8 Å². The highest BCUT2D eigenvalue weighted by atomic mass is 32.2. The molecule has 1 aromatic carbocycles. The van der Waals surface area contributed by atoms with E-state index in [1.807, 2.05) is 24.3 Å². The van der Waals surface area contributed by atoms with Gasteiger partial charge in [0.05, 0.1) is 19.8 Å². The number of hydrogen-bond donors (Lipinski definition) is 1. The van der Waals surface area contributed by atoms with Crippen LogP contribution >= 0.6 is 0 Å². The molecule has 0 aromatic heterocycles. The number of nitrogens with zero attached hydrogens (tertiary/aromatic N) is 1. The predicted molar refractivity (Wildman–Crippen MR) is 103 cm³/mol. The van der Waals surface area contributed by atoms with Crippen LogP contribution in [0.3, 0.4) is 0 Å². The van der Waals surface area contributed by atoms with Gasteiger partial charge in [-0.3, -0.25) is 4.79 Å². The zero-order valence-corrected chi connectivity index (χ0v) is 16.6. The lowest BCUT2D eigenvalue weighted by Gasteiger charge is -2.29. The standard InChI is InChI=1S/C19H30N2O4S/c1-25-18-11-9-16(10-12-18)15-19(22)20-13-14-21(26(2,23)24)17-7-5-3-4-6-8-17/h9-12,17H,3-8,13-15H2,1-2H3,(H,20,22). The Morgan fingerprint density at radius 2 is 1.77 bits per heavy atom. The second-order valence-corrected chi connectivity index (χ2v) is 8.83. The van der Waals surface area contributed by atoms with Crippen LogP contribution in [0.2, 0.25) is 0 Å². The normalized spacial score (nSPS) is 16.3. The highest BCUT2D eigenvalue weighted by Gasteiger charge is 2.26. The molecule has 1 fully saturated rings. The molecule has 1 aliphatic carbocycles. The number of benzene rings is 1. The Balaban J connectivity index is 1.84. The Morgan fingerprint density at radius 3 is 2.31 bits per heavy atom. The molecule has 1 saturated carbocycles. The van der Waals surface area contributed by atoms with Gasteiger partial charge in [-0.1, -0.05) is 37.8 Å². The van der Waals surface area contributed by atoms with Gasteiger partial charge < -0.3 is 10.1 Å². The third-order valence-electron chi connectivity index (χ3n) is 4.84. The van der Waals surface area contributed by atoms with Crippen molar-refractivity contribution < 1.29 is 17.9 Å². The average molecular weight is 383 g/mol. The van der Waals surface area contributed by atoms with Crippen LogP contribution < -0.4 is 10.1 Å². The van der Waals surface area contributed by atoms with Crippen LogP contribution in [0.4, 0.5) is 0 Å². The number of carbonyl (C=O) groups is 1. The van der Waals surface area contributed by atoms with E-state index in [9.17, 15) is 13.2 Å². The SMILES string of the molecule is COc1ccc(CC(=O)NCCN(C2CCCCCC2)S(C)(=O)=O)cc1. The molecule has 26 heavy (non-hydrogen) atoms. The van der Waals surface area contributed by atoms with Crippen molar-refractivity contribution in [1.82, 2.24) is 9.62 Å². The second-order valence-electron chi connectivity index (χ2n) is 6.89. The van der Waals surface area contributed by atoms with Gasteiger partial charge in [0.1, 0.15) is 5.75 Å². The van der Waals surface area contributed by atoms with E-state index >= 15 is 0 Å². The number of sulfonamides is 1. The molecule has 0 spiro atoms. The van der Waals surface area contributed by atoms with E-state index in [0.29, 0.717) is 13.1 Å². The van der Waals surface area contributed by atoms with Crippen molar-refractivity contribution in [2.24, 2.45) is 0 Å². The number of hydrogen-bond acceptors (Lipinski definition) is 4. The van der Waals surface area contributed by atoms with Crippen LogP contribution in [0.25, 0.3) is 0 Å². The van der Waals surface area contributed by atoms with Gasteiger partial charge in [-0.2, -0.15) is 4.31 Å². The number of nitrogens with one attached hydrogen (secondary N) is 1. The van der Waals surface area contributed by atoms with Crippen LogP contribution in [0, 0.1) is 0 Å². The number of carbonyl (C=O) groups excluding carboxylic acids is 1. The Labute approximate surface area is 157 Å². The minimum absolute atomic E-state index is 0.0611. The zero-order chi connectivity index (χ0) is 19.0. The molecule has 6 nitrogen and oxygen atoms in total. The van der Waals surface area contributed by atoms with Gasteiger partial charge in [0.15, 0.2) is 0 Å². The molecule has 1 aromatic rings. The van der Waals surface area contributed by atoms with E-state index in [2.05, 4.69) is 5.32 Å². The molecule has 0 radical (unpaired) electrons. The summed E-state index contributed by atoms with van der Waals surface area (Å²) in [5, 5.41) is 2.84. The van der Waals surface area contributed by atoms with Crippen LogP contribution in [0.5, 0.6) is 5.75 Å². The molecule has 0 aliphatic heterocycles. The Kier molecular flexibility index (Phi) is 7.90. The summed E-state index contributed by atoms with van der Waals surface area (Å²) < 4.78 is 31.0. The number of ether oxygens (including phenoxy) is 1. The van der Waals surface area contributed by atoms with Crippen molar-refractivity contribution in [3.63, 3.8) is 0 Å². The van der Waals surface area contributed by atoms with E-state index in [0.717, 1.165) is 37.0 Å². The zero-order valence-electron chi connectivity index (χ0n) is 15.7. The first kappa shape index (κ1) is 20.7. The molecule has 0 bridgehead atoms. The summed E-state index contributed by atoms with van der Waals surface area (Å²) in [6, 6.07) is 7.41. The molecule has 0 saturated heterocycles. The highest BCUT2D eigenvalue weighted by molar-refractivity contribution is 7.88. The van der Waals surface area contributed by atoms with Gasteiger partial charge in [0.2, 0.25) is 15.9 Å². The van der Waals surface area contributed by atoms with Crippen molar-refractivity contribution in [2.45, 2.75) is 51.0 Å². The lowest BCUT2D eigenvalue weighted by Crippen LogP contribution is -2.44. The molecule has 2 rings (SSSR count). The average Bonchev–Trinajstić information content (AvgIpc) is 2.87. The van der Waals surface area contributed by atoms with Gasteiger partial charge in [-0.05, 0) is 30.5 Å². The van der Waals surface area contributed by atoms with E-state index in [1.54, 1.807) is 11.4 Å². The molecule has 0 atom stereocenters. The number of amides is 1. The van der Waals surface area contributed by atoms with Gasteiger partial charge in [0, 0.05) is 19.1 Å². The molecular weight excluding hydrogens is 352 g/mol. The Bertz CT molecular complexity index is 665. The van der Waals surface area contributed by atoms with Crippen LogP contribution in [0.1, 0.15) is 44.1 Å². The monoisotopic (exact) mass is 382 g/mol. The summed E-state index contributed by atoms with van der Waals surface area (Å²) in [7, 11) is -1.68. The van der Waals surface area contributed by atoms with Crippen molar-refractivity contribution in [2.75, 3.05) is 26.5 Å². The minimum atomic E-state index is -3.28. The molecule has 1 N–H and O–H groups in total. The van der Waals surface area contributed by atoms with Crippen molar-refractivity contribution >= 4 is 15.9 Å². The molecule has 1 amide bonds. The fourth-order valence-corrected chi connectivity index (χ4v) is 4.64. The fraction of sp³-hybridized carbons (Fsp3) is 0.632. The summed E-state index contributed by atoms with van der Waals surface area (Å²) in [5.74, 6) is 0.644.